The van der Waals surface area contributed by atoms with Crippen LogP contribution in [0.1, 0.15) is 45.2 Å². The number of carbonyl (C=O) groups is 1. The maximum atomic E-state index is 11.8. The van der Waals surface area contributed by atoms with E-state index in [1.807, 2.05) is 24.3 Å². The van der Waals surface area contributed by atoms with E-state index in [0.29, 0.717) is 12.2 Å². The summed E-state index contributed by atoms with van der Waals surface area (Å²) in [6.07, 6.45) is -0.236. The van der Waals surface area contributed by atoms with Crippen molar-refractivity contribution in [1.82, 2.24) is 15.5 Å². The van der Waals surface area contributed by atoms with Gasteiger partial charge in [0.1, 0.15) is 11.6 Å². The number of amides is 1. The Morgan fingerprint density at radius 2 is 2.21 bits per heavy atom. The van der Waals surface area contributed by atoms with Crippen molar-refractivity contribution in [3.05, 3.63) is 35.7 Å². The zero-order chi connectivity index (χ0) is 17.7. The summed E-state index contributed by atoms with van der Waals surface area (Å²) in [4.78, 5) is 16.1. The average molecular weight is 328 g/mol. The molecule has 0 saturated heterocycles. The highest BCUT2D eigenvalue weighted by molar-refractivity contribution is 5.68. The summed E-state index contributed by atoms with van der Waals surface area (Å²) < 4.78 is 10.4. The quantitative estimate of drug-likeness (QED) is 0.923. The summed E-state index contributed by atoms with van der Waals surface area (Å²) in [6.45, 7) is 7.09. The third-order valence-corrected chi connectivity index (χ3v) is 3.01. The Morgan fingerprint density at radius 1 is 1.46 bits per heavy atom. The molecule has 7 heteroatoms. The van der Waals surface area contributed by atoms with E-state index in [0.717, 1.165) is 11.1 Å². The first-order chi connectivity index (χ1) is 11.3. The van der Waals surface area contributed by atoms with E-state index >= 15 is 0 Å². The number of alkyl carbamates (subject to hydrolysis) is 1. The second-order valence-corrected chi connectivity index (χ2v) is 6.36. The van der Waals surface area contributed by atoms with Crippen molar-refractivity contribution >= 4 is 6.09 Å². The smallest absolute Gasteiger partial charge is 0.408 e. The van der Waals surface area contributed by atoms with Gasteiger partial charge in [0.15, 0.2) is 0 Å². The van der Waals surface area contributed by atoms with E-state index in [9.17, 15) is 4.79 Å². The minimum absolute atomic E-state index is 0.279. The van der Waals surface area contributed by atoms with Gasteiger partial charge < -0.3 is 14.6 Å². The Kier molecular flexibility index (Phi) is 5.19. The number of nitrogens with zero attached hydrogens (tertiary/aromatic N) is 3. The van der Waals surface area contributed by atoms with Crippen LogP contribution in [-0.4, -0.2) is 21.8 Å². The van der Waals surface area contributed by atoms with Gasteiger partial charge in [-0.2, -0.15) is 10.2 Å². The molecule has 1 aromatic heterocycles. The molecule has 0 bridgehead atoms. The Balaban J connectivity index is 2.09. The van der Waals surface area contributed by atoms with Crippen molar-refractivity contribution in [2.45, 2.75) is 45.8 Å². The lowest BCUT2D eigenvalue weighted by Gasteiger charge is -2.20. The van der Waals surface area contributed by atoms with Crippen LogP contribution in [-0.2, 0) is 11.2 Å². The van der Waals surface area contributed by atoms with E-state index in [2.05, 4.69) is 21.5 Å². The van der Waals surface area contributed by atoms with E-state index in [1.54, 1.807) is 27.7 Å². The standard InChI is InChI=1S/C17H20N4O3/c1-11(19-16(22)23-17(2,3)4)15-20-14(21-24-15)13-7-5-6-12(10-13)8-9-18/h5-7,10-11H,8H2,1-4H3,(H,19,22). The first-order valence-corrected chi connectivity index (χ1v) is 7.58. The molecule has 0 radical (unpaired) electrons. The third-order valence-electron chi connectivity index (χ3n) is 3.01. The number of carbonyl (C=O) groups excluding carboxylic acids is 1. The predicted molar refractivity (Wildman–Crippen MR) is 86.8 cm³/mol. The van der Waals surface area contributed by atoms with Crippen molar-refractivity contribution < 1.29 is 14.1 Å². The van der Waals surface area contributed by atoms with Crippen LogP contribution in [0.15, 0.2) is 28.8 Å². The molecule has 0 aliphatic heterocycles. The predicted octanol–water partition coefficient (Wildman–Crippen LogP) is 3.39. The van der Waals surface area contributed by atoms with E-state index in [1.165, 1.54) is 0 Å². The molecule has 1 amide bonds. The van der Waals surface area contributed by atoms with Gasteiger partial charge in [0.25, 0.3) is 0 Å². The number of aromatic nitrogens is 2. The fraction of sp³-hybridized carbons (Fsp3) is 0.412. The number of rotatable bonds is 4. The molecule has 2 rings (SSSR count). The van der Waals surface area contributed by atoms with Crippen molar-refractivity contribution in [2.75, 3.05) is 0 Å². The lowest BCUT2D eigenvalue weighted by molar-refractivity contribution is 0.0499. The molecule has 126 valence electrons. The van der Waals surface area contributed by atoms with Gasteiger partial charge in [-0.25, -0.2) is 4.79 Å². The van der Waals surface area contributed by atoms with Gasteiger partial charge in [-0.1, -0.05) is 23.4 Å². The van der Waals surface area contributed by atoms with Crippen LogP contribution >= 0.6 is 0 Å². The average Bonchev–Trinajstić information content (AvgIpc) is 2.95. The molecule has 0 aliphatic carbocycles. The summed E-state index contributed by atoms with van der Waals surface area (Å²) >= 11 is 0. The number of nitriles is 1. The number of hydrogen-bond donors (Lipinski definition) is 1. The third kappa shape index (κ3) is 4.81. The van der Waals surface area contributed by atoms with E-state index < -0.39 is 17.7 Å². The Hall–Kier alpha value is -2.88. The Labute approximate surface area is 140 Å². The molecule has 24 heavy (non-hydrogen) atoms. The summed E-state index contributed by atoms with van der Waals surface area (Å²) in [5, 5.41) is 15.3. The fourth-order valence-electron chi connectivity index (χ4n) is 1.99. The summed E-state index contributed by atoms with van der Waals surface area (Å²) in [5.74, 6) is 0.684. The van der Waals surface area contributed by atoms with E-state index in [4.69, 9.17) is 14.5 Å². The highest BCUT2D eigenvalue weighted by atomic mass is 16.6. The molecule has 1 atom stereocenters. The van der Waals surface area contributed by atoms with Crippen molar-refractivity contribution in [3.8, 4) is 17.5 Å². The second kappa shape index (κ2) is 7.13. The van der Waals surface area contributed by atoms with Crippen LogP contribution < -0.4 is 5.32 Å². The molecular formula is C17H20N4O3. The molecule has 0 saturated carbocycles. The van der Waals surface area contributed by atoms with Gasteiger partial charge in [-0.15, -0.1) is 0 Å². The Morgan fingerprint density at radius 3 is 2.88 bits per heavy atom. The molecule has 0 spiro atoms. The normalized spacial score (nSPS) is 12.3. The lowest BCUT2D eigenvalue weighted by atomic mass is 10.1. The molecule has 0 fully saturated rings. The maximum absolute atomic E-state index is 11.8. The Bertz CT molecular complexity index is 756. The minimum atomic E-state index is -0.578. The first-order valence-electron chi connectivity index (χ1n) is 7.58. The summed E-state index contributed by atoms with van der Waals surface area (Å²) in [5.41, 5.74) is 1.05. The largest absolute Gasteiger partial charge is 0.444 e. The van der Waals surface area contributed by atoms with Crippen LogP contribution in [0, 0.1) is 11.3 Å². The van der Waals surface area contributed by atoms with Crippen molar-refractivity contribution in [2.24, 2.45) is 0 Å². The van der Waals surface area contributed by atoms with Crippen LogP contribution in [0.5, 0.6) is 0 Å². The number of nitrogens with one attached hydrogen (secondary N) is 1. The van der Waals surface area contributed by atoms with Crippen LogP contribution in [0.2, 0.25) is 0 Å². The summed E-state index contributed by atoms with van der Waals surface area (Å²) in [6, 6.07) is 8.98. The summed E-state index contributed by atoms with van der Waals surface area (Å²) in [7, 11) is 0. The van der Waals surface area contributed by atoms with Gasteiger partial charge in [0.2, 0.25) is 11.7 Å². The topological polar surface area (TPSA) is 101 Å². The molecule has 1 aromatic carbocycles. The minimum Gasteiger partial charge on any atom is -0.444 e. The maximum Gasteiger partial charge on any atom is 0.408 e. The molecular weight excluding hydrogens is 308 g/mol. The van der Waals surface area contributed by atoms with Gasteiger partial charge in [-0.3, -0.25) is 0 Å². The van der Waals surface area contributed by atoms with Crippen LogP contribution in [0.3, 0.4) is 0 Å². The number of benzene rings is 1. The first kappa shape index (κ1) is 17.5. The van der Waals surface area contributed by atoms with Gasteiger partial charge in [-0.05, 0) is 39.3 Å². The molecule has 0 aliphatic rings. The lowest BCUT2D eigenvalue weighted by Crippen LogP contribution is -2.34. The van der Waals surface area contributed by atoms with Gasteiger partial charge in [0.05, 0.1) is 12.5 Å². The van der Waals surface area contributed by atoms with Crippen LogP contribution in [0.4, 0.5) is 4.79 Å². The fourth-order valence-corrected chi connectivity index (χ4v) is 1.99. The van der Waals surface area contributed by atoms with Crippen molar-refractivity contribution in [1.29, 1.82) is 5.26 Å². The highest BCUT2D eigenvalue weighted by Gasteiger charge is 2.21. The molecule has 1 N–H and O–H groups in total. The SMILES string of the molecule is CC(NC(=O)OC(C)(C)C)c1nc(-c2cccc(CC#N)c2)no1. The number of ether oxygens (including phenoxy) is 1. The monoisotopic (exact) mass is 328 g/mol. The molecule has 1 heterocycles. The molecule has 7 nitrogen and oxygen atoms in total. The van der Waals surface area contributed by atoms with E-state index in [-0.39, 0.29) is 5.89 Å². The molecule has 1 unspecified atom stereocenters. The van der Waals surface area contributed by atoms with Crippen molar-refractivity contribution in [3.63, 3.8) is 0 Å². The molecule has 2 aromatic rings. The van der Waals surface area contributed by atoms with Gasteiger partial charge >= 0.3 is 6.09 Å². The van der Waals surface area contributed by atoms with Gasteiger partial charge in [0, 0.05) is 5.56 Å². The second-order valence-electron chi connectivity index (χ2n) is 6.36. The zero-order valence-electron chi connectivity index (χ0n) is 14.2. The highest BCUT2D eigenvalue weighted by Crippen LogP contribution is 2.20. The zero-order valence-corrected chi connectivity index (χ0v) is 14.2. The van der Waals surface area contributed by atoms with Crippen LogP contribution in [0.25, 0.3) is 11.4 Å². The number of hydrogen-bond acceptors (Lipinski definition) is 6.